The van der Waals surface area contributed by atoms with E-state index in [0.717, 1.165) is 26.1 Å². The second kappa shape index (κ2) is 9.82. The van der Waals surface area contributed by atoms with Gasteiger partial charge in [0.05, 0.1) is 12.7 Å². The predicted octanol–water partition coefficient (Wildman–Crippen LogP) is 2.25. The summed E-state index contributed by atoms with van der Waals surface area (Å²) in [6.45, 7) is 14.1. The molecule has 164 valence electrons. The normalized spacial score (nSPS) is 25.7. The first-order chi connectivity index (χ1) is 13.6. The average molecular weight is 408 g/mol. The van der Waals surface area contributed by atoms with E-state index in [2.05, 4.69) is 30.0 Å². The van der Waals surface area contributed by atoms with Crippen molar-refractivity contribution in [3.8, 4) is 12.3 Å². The Morgan fingerprint density at radius 3 is 2.69 bits per heavy atom. The maximum absolute atomic E-state index is 13.2. The van der Waals surface area contributed by atoms with Crippen molar-refractivity contribution < 1.29 is 19.1 Å². The van der Waals surface area contributed by atoms with Gasteiger partial charge in [-0.15, -0.1) is 12.3 Å². The van der Waals surface area contributed by atoms with E-state index < -0.39 is 17.2 Å². The van der Waals surface area contributed by atoms with Gasteiger partial charge in [-0.2, -0.15) is 0 Å². The fourth-order valence-electron chi connectivity index (χ4n) is 4.09. The van der Waals surface area contributed by atoms with Crippen LogP contribution in [0.5, 0.6) is 0 Å². The second-order valence-electron chi connectivity index (χ2n) is 9.50. The Balaban J connectivity index is 2.03. The molecule has 0 aromatic carbocycles. The molecule has 2 aliphatic rings. The molecule has 7 heteroatoms. The predicted molar refractivity (Wildman–Crippen MR) is 112 cm³/mol. The fraction of sp³-hybridized carbons (Fsp3) is 0.818. The lowest BCUT2D eigenvalue weighted by Gasteiger charge is -2.38. The van der Waals surface area contributed by atoms with E-state index in [4.69, 9.17) is 15.9 Å². The lowest BCUT2D eigenvalue weighted by atomic mass is 9.91. The number of nitrogens with zero attached hydrogens (tertiary/aromatic N) is 2. The molecule has 2 aliphatic heterocycles. The second-order valence-corrected chi connectivity index (χ2v) is 9.50. The van der Waals surface area contributed by atoms with Crippen LogP contribution < -0.4 is 5.32 Å². The van der Waals surface area contributed by atoms with Crippen LogP contribution >= 0.6 is 0 Å². The lowest BCUT2D eigenvalue weighted by Crippen LogP contribution is -2.59. The Morgan fingerprint density at radius 2 is 2.07 bits per heavy atom. The molecule has 7 nitrogen and oxygen atoms in total. The molecule has 0 spiro atoms. The SMILES string of the molecule is C#CC[C@@]1(C(=O)NC[C@H]2CN(CC(C)C)CCO2)CCCN1C(=O)OC(C)(C)C. The molecule has 0 radical (unpaired) electrons. The van der Waals surface area contributed by atoms with E-state index in [0.29, 0.717) is 32.0 Å². The number of terminal acetylenes is 1. The molecule has 2 fully saturated rings. The topological polar surface area (TPSA) is 71.1 Å². The zero-order valence-electron chi connectivity index (χ0n) is 18.6. The molecule has 0 aromatic heterocycles. The molecule has 2 atom stereocenters. The van der Waals surface area contributed by atoms with Gasteiger partial charge in [-0.05, 0) is 39.5 Å². The molecule has 2 saturated heterocycles. The van der Waals surface area contributed by atoms with Gasteiger partial charge in [-0.25, -0.2) is 4.79 Å². The standard InChI is InChI=1S/C22H37N3O4/c1-7-9-22(10-8-11-25(22)20(27)29-21(4,5)6)19(26)23-14-18-16-24(12-13-28-18)15-17(2)3/h1,17-18H,8-16H2,2-6H3,(H,23,26)/t18-,22-/m0/s1. The Morgan fingerprint density at radius 1 is 1.34 bits per heavy atom. The van der Waals surface area contributed by atoms with Crippen LogP contribution in [-0.2, 0) is 14.3 Å². The summed E-state index contributed by atoms with van der Waals surface area (Å²) in [7, 11) is 0. The van der Waals surface area contributed by atoms with Crippen LogP contribution in [0.1, 0.15) is 53.9 Å². The summed E-state index contributed by atoms with van der Waals surface area (Å²) in [5, 5.41) is 3.01. The van der Waals surface area contributed by atoms with Crippen LogP contribution in [0.15, 0.2) is 0 Å². The minimum atomic E-state index is -1.05. The van der Waals surface area contributed by atoms with Crippen molar-refractivity contribution >= 4 is 12.0 Å². The van der Waals surface area contributed by atoms with Crippen molar-refractivity contribution in [3.63, 3.8) is 0 Å². The monoisotopic (exact) mass is 407 g/mol. The molecule has 1 N–H and O–H groups in total. The van der Waals surface area contributed by atoms with Crippen LogP contribution in [0.2, 0.25) is 0 Å². The van der Waals surface area contributed by atoms with Crippen LogP contribution in [0.3, 0.4) is 0 Å². The Kier molecular flexibility index (Phi) is 7.95. The molecule has 2 rings (SSSR count). The van der Waals surface area contributed by atoms with Crippen molar-refractivity contribution in [1.29, 1.82) is 0 Å². The molecular weight excluding hydrogens is 370 g/mol. The molecule has 0 aromatic rings. The van der Waals surface area contributed by atoms with Gasteiger partial charge in [-0.1, -0.05) is 13.8 Å². The van der Waals surface area contributed by atoms with Crippen molar-refractivity contribution in [2.45, 2.75) is 71.1 Å². The zero-order valence-corrected chi connectivity index (χ0v) is 18.6. The van der Waals surface area contributed by atoms with Gasteiger partial charge in [0.1, 0.15) is 11.1 Å². The summed E-state index contributed by atoms with van der Waals surface area (Å²) < 4.78 is 11.4. The molecule has 2 heterocycles. The summed E-state index contributed by atoms with van der Waals surface area (Å²) in [6.07, 6.45) is 6.46. The highest BCUT2D eigenvalue weighted by atomic mass is 16.6. The lowest BCUT2D eigenvalue weighted by molar-refractivity contribution is -0.132. The van der Waals surface area contributed by atoms with Crippen molar-refractivity contribution in [3.05, 3.63) is 0 Å². The zero-order chi connectivity index (χ0) is 21.7. The third-order valence-corrected chi connectivity index (χ3v) is 5.26. The minimum Gasteiger partial charge on any atom is -0.444 e. The van der Waals surface area contributed by atoms with Gasteiger partial charge < -0.3 is 14.8 Å². The first-order valence-corrected chi connectivity index (χ1v) is 10.6. The van der Waals surface area contributed by atoms with E-state index in [1.165, 1.54) is 4.90 Å². The Labute approximate surface area is 175 Å². The fourth-order valence-corrected chi connectivity index (χ4v) is 4.09. The number of hydrogen-bond acceptors (Lipinski definition) is 5. The molecule has 29 heavy (non-hydrogen) atoms. The number of ether oxygens (including phenoxy) is 2. The van der Waals surface area contributed by atoms with E-state index in [1.807, 2.05) is 20.8 Å². The molecular formula is C22H37N3O4. The first kappa shape index (κ1) is 23.5. The summed E-state index contributed by atoms with van der Waals surface area (Å²) in [4.78, 5) is 29.8. The molecule has 2 amide bonds. The maximum Gasteiger partial charge on any atom is 0.411 e. The average Bonchev–Trinajstić information content (AvgIpc) is 3.03. The number of likely N-dealkylation sites (tertiary alicyclic amines) is 1. The highest BCUT2D eigenvalue weighted by Gasteiger charge is 2.50. The number of nitrogens with one attached hydrogen (secondary N) is 1. The van der Waals surface area contributed by atoms with Gasteiger partial charge in [0.2, 0.25) is 5.91 Å². The van der Waals surface area contributed by atoms with E-state index in [-0.39, 0.29) is 18.4 Å². The Hall–Kier alpha value is -1.78. The Bertz CT molecular complexity index is 623. The third kappa shape index (κ3) is 6.35. The maximum atomic E-state index is 13.2. The van der Waals surface area contributed by atoms with E-state index in [1.54, 1.807) is 0 Å². The van der Waals surface area contributed by atoms with E-state index >= 15 is 0 Å². The van der Waals surface area contributed by atoms with Crippen LogP contribution in [0, 0.1) is 18.3 Å². The molecule has 0 bridgehead atoms. The largest absolute Gasteiger partial charge is 0.444 e. The third-order valence-electron chi connectivity index (χ3n) is 5.26. The van der Waals surface area contributed by atoms with Crippen LogP contribution in [-0.4, -0.2) is 78.4 Å². The van der Waals surface area contributed by atoms with Crippen molar-refractivity contribution in [2.75, 3.05) is 39.3 Å². The summed E-state index contributed by atoms with van der Waals surface area (Å²) in [6, 6.07) is 0. The highest BCUT2D eigenvalue weighted by Crippen LogP contribution is 2.34. The molecule has 0 aliphatic carbocycles. The van der Waals surface area contributed by atoms with Gasteiger partial charge in [-0.3, -0.25) is 14.6 Å². The number of carbonyl (C=O) groups is 2. The van der Waals surface area contributed by atoms with Gasteiger partial charge in [0, 0.05) is 39.1 Å². The highest BCUT2D eigenvalue weighted by molar-refractivity contribution is 5.91. The summed E-state index contributed by atoms with van der Waals surface area (Å²) >= 11 is 0. The molecule has 0 saturated carbocycles. The van der Waals surface area contributed by atoms with Gasteiger partial charge >= 0.3 is 6.09 Å². The number of carbonyl (C=O) groups excluding carboxylic acids is 2. The summed E-state index contributed by atoms with van der Waals surface area (Å²) in [5.74, 6) is 2.96. The van der Waals surface area contributed by atoms with E-state index in [9.17, 15) is 9.59 Å². The smallest absolute Gasteiger partial charge is 0.411 e. The number of morpholine rings is 1. The van der Waals surface area contributed by atoms with Crippen molar-refractivity contribution in [1.82, 2.24) is 15.1 Å². The number of rotatable bonds is 6. The minimum absolute atomic E-state index is 0.0642. The number of hydrogen-bond donors (Lipinski definition) is 1. The summed E-state index contributed by atoms with van der Waals surface area (Å²) in [5.41, 5.74) is -1.68. The van der Waals surface area contributed by atoms with Gasteiger partial charge in [0.25, 0.3) is 0 Å². The van der Waals surface area contributed by atoms with Gasteiger partial charge in [0.15, 0.2) is 0 Å². The first-order valence-electron chi connectivity index (χ1n) is 10.6. The van der Waals surface area contributed by atoms with Crippen molar-refractivity contribution in [2.24, 2.45) is 5.92 Å². The quantitative estimate of drug-likeness (QED) is 0.684. The molecule has 0 unspecified atom stereocenters. The van der Waals surface area contributed by atoms with Crippen LogP contribution in [0.4, 0.5) is 4.79 Å². The van der Waals surface area contributed by atoms with Crippen LogP contribution in [0.25, 0.3) is 0 Å². The number of amides is 2.